The van der Waals surface area contributed by atoms with Crippen molar-refractivity contribution in [2.24, 2.45) is 5.73 Å². The molecular weight excluding hydrogens is 271 g/mol. The van der Waals surface area contributed by atoms with Crippen molar-refractivity contribution in [3.63, 3.8) is 0 Å². The van der Waals surface area contributed by atoms with E-state index >= 15 is 0 Å². The van der Waals surface area contributed by atoms with Crippen molar-refractivity contribution in [1.82, 2.24) is 0 Å². The van der Waals surface area contributed by atoms with Gasteiger partial charge in [-0.2, -0.15) is 0 Å². The van der Waals surface area contributed by atoms with Crippen molar-refractivity contribution >= 4 is 11.6 Å². The van der Waals surface area contributed by atoms with Crippen LogP contribution in [0.2, 0.25) is 0 Å². The van der Waals surface area contributed by atoms with Gasteiger partial charge in [0.1, 0.15) is 17.1 Å². The second kappa shape index (κ2) is 5.83. The van der Waals surface area contributed by atoms with Gasteiger partial charge in [0.05, 0.1) is 7.11 Å². The summed E-state index contributed by atoms with van der Waals surface area (Å²) in [6.45, 7) is 1.67. The van der Waals surface area contributed by atoms with Gasteiger partial charge in [0.2, 0.25) is 5.91 Å². The number of halogens is 1. The Morgan fingerprint density at radius 1 is 1.24 bits per heavy atom. The number of carbonyl (C=O) groups excluding carboxylic acids is 1. The quantitative estimate of drug-likeness (QED) is 0.889. The van der Waals surface area contributed by atoms with Gasteiger partial charge in [-0.3, -0.25) is 4.79 Å². The van der Waals surface area contributed by atoms with Crippen LogP contribution in [-0.2, 0) is 10.3 Å². The average Bonchev–Trinajstić information content (AvgIpc) is 2.49. The number of hydrogen-bond donors (Lipinski definition) is 2. The van der Waals surface area contributed by atoms with Gasteiger partial charge in [-0.15, -0.1) is 0 Å². The Morgan fingerprint density at radius 2 is 1.90 bits per heavy atom. The number of anilines is 1. The van der Waals surface area contributed by atoms with Gasteiger partial charge in [-0.1, -0.05) is 12.1 Å². The molecule has 5 heteroatoms. The molecule has 0 fully saturated rings. The summed E-state index contributed by atoms with van der Waals surface area (Å²) in [7, 11) is 1.55. The van der Waals surface area contributed by atoms with Crippen LogP contribution in [-0.4, -0.2) is 13.0 Å². The van der Waals surface area contributed by atoms with Crippen LogP contribution >= 0.6 is 0 Å². The summed E-state index contributed by atoms with van der Waals surface area (Å²) in [6.07, 6.45) is 0. The Bertz CT molecular complexity index is 643. The molecule has 0 heterocycles. The maximum absolute atomic E-state index is 13.0. The molecule has 3 N–H and O–H groups in total. The van der Waals surface area contributed by atoms with Gasteiger partial charge in [0.15, 0.2) is 0 Å². The third-order valence-corrected chi connectivity index (χ3v) is 3.38. The molecule has 1 atom stereocenters. The van der Waals surface area contributed by atoms with Crippen LogP contribution in [0, 0.1) is 5.82 Å². The van der Waals surface area contributed by atoms with Crippen LogP contribution in [0.25, 0.3) is 0 Å². The van der Waals surface area contributed by atoms with Gasteiger partial charge in [0.25, 0.3) is 0 Å². The summed E-state index contributed by atoms with van der Waals surface area (Å²) < 4.78 is 18.1. The highest BCUT2D eigenvalue weighted by atomic mass is 19.1. The summed E-state index contributed by atoms with van der Waals surface area (Å²) in [4.78, 5) is 11.9. The van der Waals surface area contributed by atoms with Crippen LogP contribution in [0.1, 0.15) is 12.5 Å². The lowest BCUT2D eigenvalue weighted by atomic mass is 9.90. The minimum atomic E-state index is -1.13. The molecular formula is C16H17FN2O2. The van der Waals surface area contributed by atoms with Crippen LogP contribution < -0.4 is 15.8 Å². The van der Waals surface area contributed by atoms with Gasteiger partial charge < -0.3 is 15.8 Å². The lowest BCUT2D eigenvalue weighted by molar-refractivity contribution is -0.122. The third-order valence-electron chi connectivity index (χ3n) is 3.38. The molecule has 0 saturated heterocycles. The Balaban J connectivity index is 2.39. The number of primary amides is 1. The predicted octanol–water partition coefficient (Wildman–Crippen LogP) is 2.65. The van der Waals surface area contributed by atoms with E-state index in [2.05, 4.69) is 5.32 Å². The molecule has 1 amide bonds. The van der Waals surface area contributed by atoms with Crippen LogP contribution in [0.4, 0.5) is 10.1 Å². The number of rotatable bonds is 5. The minimum Gasteiger partial charge on any atom is -0.497 e. The molecule has 0 aliphatic heterocycles. The van der Waals surface area contributed by atoms with Crippen molar-refractivity contribution < 1.29 is 13.9 Å². The van der Waals surface area contributed by atoms with E-state index in [-0.39, 0.29) is 5.82 Å². The lowest BCUT2D eigenvalue weighted by Gasteiger charge is -2.29. The Morgan fingerprint density at radius 3 is 2.48 bits per heavy atom. The van der Waals surface area contributed by atoms with E-state index in [0.29, 0.717) is 17.0 Å². The number of amides is 1. The average molecular weight is 288 g/mol. The summed E-state index contributed by atoms with van der Waals surface area (Å²) in [6, 6.07) is 12.8. The maximum atomic E-state index is 13.0. The first-order chi connectivity index (χ1) is 9.95. The SMILES string of the molecule is COc1cccc(C(C)(Nc2ccc(F)cc2)C(N)=O)c1. The van der Waals surface area contributed by atoms with Crippen LogP contribution in [0.3, 0.4) is 0 Å². The van der Waals surface area contributed by atoms with E-state index in [1.54, 1.807) is 50.4 Å². The molecule has 0 bridgehead atoms. The van der Waals surface area contributed by atoms with E-state index in [9.17, 15) is 9.18 Å². The van der Waals surface area contributed by atoms with E-state index in [0.717, 1.165) is 0 Å². The van der Waals surface area contributed by atoms with Crippen molar-refractivity contribution in [3.05, 3.63) is 59.9 Å². The first-order valence-electron chi connectivity index (χ1n) is 6.44. The second-order valence-electron chi connectivity index (χ2n) is 4.85. The molecule has 0 spiro atoms. The van der Waals surface area contributed by atoms with Crippen molar-refractivity contribution in [1.29, 1.82) is 0 Å². The highest BCUT2D eigenvalue weighted by molar-refractivity contribution is 5.89. The molecule has 4 nitrogen and oxygen atoms in total. The van der Waals surface area contributed by atoms with Crippen LogP contribution in [0.15, 0.2) is 48.5 Å². The largest absolute Gasteiger partial charge is 0.497 e. The highest BCUT2D eigenvalue weighted by Crippen LogP contribution is 2.28. The third kappa shape index (κ3) is 3.13. The molecule has 0 aromatic heterocycles. The number of nitrogens with one attached hydrogen (secondary N) is 1. The first kappa shape index (κ1) is 14.8. The molecule has 0 aliphatic carbocycles. The summed E-state index contributed by atoms with van der Waals surface area (Å²) in [5, 5.41) is 3.05. The predicted molar refractivity (Wildman–Crippen MR) is 79.6 cm³/mol. The van der Waals surface area contributed by atoms with Gasteiger partial charge in [-0.05, 0) is 48.9 Å². The monoisotopic (exact) mass is 288 g/mol. The lowest BCUT2D eigenvalue weighted by Crippen LogP contribution is -2.45. The zero-order valence-corrected chi connectivity index (χ0v) is 11.9. The zero-order valence-electron chi connectivity index (χ0n) is 11.9. The van der Waals surface area contributed by atoms with Crippen LogP contribution in [0.5, 0.6) is 5.75 Å². The molecule has 0 radical (unpaired) electrons. The molecule has 21 heavy (non-hydrogen) atoms. The Labute approximate surface area is 122 Å². The number of carbonyl (C=O) groups is 1. The van der Waals surface area contributed by atoms with Gasteiger partial charge >= 0.3 is 0 Å². The van der Waals surface area contributed by atoms with Gasteiger partial charge in [0, 0.05) is 5.69 Å². The molecule has 1 unspecified atom stereocenters. The number of ether oxygens (including phenoxy) is 1. The number of benzene rings is 2. The second-order valence-corrected chi connectivity index (χ2v) is 4.85. The number of nitrogens with two attached hydrogens (primary N) is 1. The summed E-state index contributed by atoms with van der Waals surface area (Å²) >= 11 is 0. The van der Waals surface area contributed by atoms with E-state index in [1.165, 1.54) is 12.1 Å². The van der Waals surface area contributed by atoms with Gasteiger partial charge in [-0.25, -0.2) is 4.39 Å². The smallest absolute Gasteiger partial charge is 0.247 e. The molecule has 2 aromatic rings. The van der Waals surface area contributed by atoms with Crippen molar-refractivity contribution in [3.8, 4) is 5.75 Å². The molecule has 2 rings (SSSR count). The fraction of sp³-hybridized carbons (Fsp3) is 0.188. The first-order valence-corrected chi connectivity index (χ1v) is 6.44. The molecule has 0 aliphatic rings. The fourth-order valence-electron chi connectivity index (χ4n) is 2.03. The summed E-state index contributed by atoms with van der Waals surface area (Å²) in [5.74, 6) is -0.260. The molecule has 0 saturated carbocycles. The van der Waals surface area contributed by atoms with Crippen molar-refractivity contribution in [2.45, 2.75) is 12.5 Å². The fourth-order valence-corrected chi connectivity index (χ4v) is 2.03. The molecule has 2 aromatic carbocycles. The topological polar surface area (TPSA) is 64.3 Å². The highest BCUT2D eigenvalue weighted by Gasteiger charge is 2.33. The maximum Gasteiger partial charge on any atom is 0.247 e. The number of hydrogen-bond acceptors (Lipinski definition) is 3. The minimum absolute atomic E-state index is 0.345. The standard InChI is InChI=1S/C16H17FN2O2/c1-16(15(18)20,11-4-3-5-14(10-11)21-2)19-13-8-6-12(17)7-9-13/h3-10,19H,1-2H3,(H2,18,20). The number of methoxy groups -OCH3 is 1. The summed E-state index contributed by atoms with van der Waals surface area (Å²) in [5.41, 5.74) is 5.69. The van der Waals surface area contributed by atoms with E-state index in [4.69, 9.17) is 10.5 Å². The molecule has 110 valence electrons. The van der Waals surface area contributed by atoms with Crippen molar-refractivity contribution in [2.75, 3.05) is 12.4 Å². The normalized spacial score (nSPS) is 13.3. The Kier molecular flexibility index (Phi) is 4.12. The van der Waals surface area contributed by atoms with E-state index < -0.39 is 11.4 Å². The van der Waals surface area contributed by atoms with E-state index in [1.807, 2.05) is 0 Å². The Hall–Kier alpha value is -2.56. The zero-order chi connectivity index (χ0) is 15.5.